The van der Waals surface area contributed by atoms with Gasteiger partial charge in [0.2, 0.25) is 0 Å². The van der Waals surface area contributed by atoms with E-state index >= 15 is 0 Å². The number of aryl methyl sites for hydroxylation is 1. The standard InChI is InChI=1S/C15H21ClO3S/c1-3-12-4-6-13(7-5-12)19-15-9-8-14(10-11(15)2)20(16,17)18/h8-10,12-13H,3-7H2,1-2H3. The van der Waals surface area contributed by atoms with Crippen LogP contribution in [0.2, 0.25) is 0 Å². The number of rotatable bonds is 4. The number of benzene rings is 1. The van der Waals surface area contributed by atoms with Gasteiger partial charge in [-0.1, -0.05) is 13.3 Å². The molecule has 0 spiro atoms. The molecule has 0 heterocycles. The molecule has 1 aliphatic carbocycles. The van der Waals surface area contributed by atoms with E-state index in [0.717, 1.165) is 30.1 Å². The second-order valence-electron chi connectivity index (χ2n) is 5.53. The summed E-state index contributed by atoms with van der Waals surface area (Å²) in [5, 5.41) is 0. The Morgan fingerprint density at radius 3 is 2.40 bits per heavy atom. The maximum Gasteiger partial charge on any atom is 0.261 e. The summed E-state index contributed by atoms with van der Waals surface area (Å²) in [5.41, 5.74) is 0.810. The van der Waals surface area contributed by atoms with Gasteiger partial charge in [0.1, 0.15) is 5.75 Å². The highest BCUT2D eigenvalue weighted by atomic mass is 35.7. The molecule has 0 radical (unpaired) electrons. The van der Waals surface area contributed by atoms with Crippen LogP contribution < -0.4 is 4.74 Å². The van der Waals surface area contributed by atoms with Crippen LogP contribution in [-0.2, 0) is 9.05 Å². The Morgan fingerprint density at radius 2 is 1.90 bits per heavy atom. The van der Waals surface area contributed by atoms with E-state index in [1.54, 1.807) is 12.1 Å². The zero-order valence-corrected chi connectivity index (χ0v) is 13.5. The average Bonchev–Trinajstić information content (AvgIpc) is 2.41. The summed E-state index contributed by atoms with van der Waals surface area (Å²) >= 11 is 0. The van der Waals surface area contributed by atoms with Crippen molar-refractivity contribution in [1.82, 2.24) is 0 Å². The summed E-state index contributed by atoms with van der Waals surface area (Å²) in [4.78, 5) is 0.124. The SMILES string of the molecule is CCC1CCC(Oc2ccc(S(=O)(=O)Cl)cc2C)CC1. The minimum atomic E-state index is -3.67. The van der Waals surface area contributed by atoms with Crippen LogP contribution in [0.4, 0.5) is 0 Å². The molecule has 0 unspecified atom stereocenters. The van der Waals surface area contributed by atoms with Gasteiger partial charge in [-0.15, -0.1) is 0 Å². The van der Waals surface area contributed by atoms with Crippen LogP contribution in [-0.4, -0.2) is 14.5 Å². The molecular weight excluding hydrogens is 296 g/mol. The Bertz CT molecular complexity index is 560. The molecule has 0 aliphatic heterocycles. The van der Waals surface area contributed by atoms with Gasteiger partial charge < -0.3 is 4.74 Å². The first-order chi connectivity index (χ1) is 9.40. The van der Waals surface area contributed by atoms with Crippen molar-refractivity contribution in [1.29, 1.82) is 0 Å². The third-order valence-corrected chi connectivity index (χ3v) is 5.44. The molecule has 0 amide bonds. The van der Waals surface area contributed by atoms with Gasteiger partial charge in [0, 0.05) is 10.7 Å². The minimum absolute atomic E-state index is 0.124. The lowest BCUT2D eigenvalue weighted by atomic mass is 9.86. The quantitative estimate of drug-likeness (QED) is 0.779. The highest BCUT2D eigenvalue weighted by Crippen LogP contribution is 2.31. The Labute approximate surface area is 125 Å². The number of ether oxygens (including phenoxy) is 1. The van der Waals surface area contributed by atoms with Gasteiger partial charge in [-0.2, -0.15) is 0 Å². The molecule has 0 aromatic heterocycles. The molecular formula is C15H21ClO3S. The molecule has 0 bridgehead atoms. The smallest absolute Gasteiger partial charge is 0.261 e. The molecule has 5 heteroatoms. The van der Waals surface area contributed by atoms with Crippen LogP contribution in [0.1, 0.15) is 44.6 Å². The molecule has 0 saturated heterocycles. The fourth-order valence-electron chi connectivity index (χ4n) is 2.74. The predicted octanol–water partition coefficient (Wildman–Crippen LogP) is 4.27. The average molecular weight is 317 g/mol. The first-order valence-corrected chi connectivity index (χ1v) is 9.43. The third-order valence-electron chi connectivity index (χ3n) is 4.09. The van der Waals surface area contributed by atoms with Gasteiger partial charge in [0.15, 0.2) is 0 Å². The van der Waals surface area contributed by atoms with Crippen LogP contribution in [0.25, 0.3) is 0 Å². The van der Waals surface area contributed by atoms with Crippen molar-refractivity contribution >= 4 is 19.7 Å². The van der Waals surface area contributed by atoms with E-state index in [2.05, 4.69) is 6.92 Å². The molecule has 1 aliphatic rings. The monoisotopic (exact) mass is 316 g/mol. The highest BCUT2D eigenvalue weighted by molar-refractivity contribution is 8.13. The van der Waals surface area contributed by atoms with E-state index < -0.39 is 9.05 Å². The van der Waals surface area contributed by atoms with Crippen molar-refractivity contribution in [2.75, 3.05) is 0 Å². The topological polar surface area (TPSA) is 43.4 Å². The van der Waals surface area contributed by atoms with Crippen LogP contribution >= 0.6 is 10.7 Å². The van der Waals surface area contributed by atoms with E-state index in [9.17, 15) is 8.42 Å². The van der Waals surface area contributed by atoms with Crippen molar-refractivity contribution in [2.24, 2.45) is 5.92 Å². The Morgan fingerprint density at radius 1 is 1.25 bits per heavy atom. The van der Waals surface area contributed by atoms with Crippen LogP contribution in [0.3, 0.4) is 0 Å². The number of halogens is 1. The van der Waals surface area contributed by atoms with E-state index in [1.807, 2.05) is 6.92 Å². The molecule has 0 atom stereocenters. The number of hydrogen-bond acceptors (Lipinski definition) is 3. The lowest BCUT2D eigenvalue weighted by molar-refractivity contribution is 0.129. The summed E-state index contributed by atoms with van der Waals surface area (Å²) in [6.07, 6.45) is 6.08. The van der Waals surface area contributed by atoms with E-state index in [-0.39, 0.29) is 11.0 Å². The Kier molecular flexibility index (Phi) is 4.97. The van der Waals surface area contributed by atoms with Gasteiger partial charge in [0.05, 0.1) is 11.0 Å². The fraction of sp³-hybridized carbons (Fsp3) is 0.600. The van der Waals surface area contributed by atoms with E-state index in [0.29, 0.717) is 0 Å². The number of hydrogen-bond donors (Lipinski definition) is 0. The van der Waals surface area contributed by atoms with Crippen molar-refractivity contribution in [3.8, 4) is 5.75 Å². The summed E-state index contributed by atoms with van der Waals surface area (Å²) in [5.74, 6) is 1.59. The maximum atomic E-state index is 11.3. The maximum absolute atomic E-state index is 11.3. The zero-order valence-electron chi connectivity index (χ0n) is 11.9. The first-order valence-electron chi connectivity index (χ1n) is 7.12. The van der Waals surface area contributed by atoms with Crippen molar-refractivity contribution in [2.45, 2.75) is 57.0 Å². The molecule has 1 aromatic rings. The lowest BCUT2D eigenvalue weighted by Gasteiger charge is -2.28. The first kappa shape index (κ1) is 15.6. The van der Waals surface area contributed by atoms with Gasteiger partial charge in [-0.3, -0.25) is 0 Å². The summed E-state index contributed by atoms with van der Waals surface area (Å²) in [6, 6.07) is 4.77. The molecule has 0 N–H and O–H groups in total. The van der Waals surface area contributed by atoms with Crippen LogP contribution in [0.15, 0.2) is 23.1 Å². The summed E-state index contributed by atoms with van der Waals surface area (Å²) in [6.45, 7) is 4.08. The molecule has 1 aromatic carbocycles. The van der Waals surface area contributed by atoms with Gasteiger partial charge in [-0.25, -0.2) is 8.42 Å². The van der Waals surface area contributed by atoms with Gasteiger partial charge >= 0.3 is 0 Å². The van der Waals surface area contributed by atoms with Crippen molar-refractivity contribution in [3.05, 3.63) is 23.8 Å². The second kappa shape index (κ2) is 6.35. The van der Waals surface area contributed by atoms with E-state index in [1.165, 1.54) is 25.3 Å². The third kappa shape index (κ3) is 3.89. The summed E-state index contributed by atoms with van der Waals surface area (Å²) < 4.78 is 28.6. The highest BCUT2D eigenvalue weighted by Gasteiger charge is 2.22. The van der Waals surface area contributed by atoms with Gasteiger partial charge in [0.25, 0.3) is 9.05 Å². The largest absolute Gasteiger partial charge is 0.490 e. The minimum Gasteiger partial charge on any atom is -0.490 e. The molecule has 1 fully saturated rings. The Hall–Kier alpha value is -0.740. The predicted molar refractivity (Wildman–Crippen MR) is 80.9 cm³/mol. The van der Waals surface area contributed by atoms with E-state index in [4.69, 9.17) is 15.4 Å². The molecule has 20 heavy (non-hydrogen) atoms. The van der Waals surface area contributed by atoms with Crippen molar-refractivity contribution < 1.29 is 13.2 Å². The lowest BCUT2D eigenvalue weighted by Crippen LogP contribution is -2.24. The van der Waals surface area contributed by atoms with Gasteiger partial charge in [-0.05, 0) is 62.3 Å². The molecule has 1 saturated carbocycles. The second-order valence-corrected chi connectivity index (χ2v) is 8.10. The normalized spacial score (nSPS) is 23.6. The van der Waals surface area contributed by atoms with Crippen LogP contribution in [0.5, 0.6) is 5.75 Å². The fourth-order valence-corrected chi connectivity index (χ4v) is 3.58. The molecule has 2 rings (SSSR count). The zero-order chi connectivity index (χ0) is 14.8. The van der Waals surface area contributed by atoms with Crippen LogP contribution in [0, 0.1) is 12.8 Å². The Balaban J connectivity index is 2.04. The summed E-state index contributed by atoms with van der Waals surface area (Å²) in [7, 11) is 1.67. The van der Waals surface area contributed by atoms with Crippen molar-refractivity contribution in [3.63, 3.8) is 0 Å². The molecule has 3 nitrogen and oxygen atoms in total. The molecule has 112 valence electrons.